The van der Waals surface area contributed by atoms with Gasteiger partial charge in [0.25, 0.3) is 0 Å². The molecule has 0 amide bonds. The van der Waals surface area contributed by atoms with E-state index in [9.17, 15) is 8.42 Å². The zero-order chi connectivity index (χ0) is 15.0. The molecular formula is C11H15N5O3S2. The number of nitrogens with one attached hydrogen (secondary N) is 1. The quantitative estimate of drug-likeness (QED) is 0.869. The summed E-state index contributed by atoms with van der Waals surface area (Å²) in [6.07, 6.45) is 1.39. The molecule has 0 saturated heterocycles. The van der Waals surface area contributed by atoms with Crippen LogP contribution in [0.2, 0.25) is 0 Å². The second kappa shape index (κ2) is 5.35. The van der Waals surface area contributed by atoms with Crippen molar-refractivity contribution in [2.45, 2.75) is 37.2 Å². The van der Waals surface area contributed by atoms with E-state index in [1.807, 2.05) is 6.92 Å². The molecule has 0 spiro atoms. The van der Waals surface area contributed by atoms with Crippen molar-refractivity contribution in [3.63, 3.8) is 0 Å². The van der Waals surface area contributed by atoms with Crippen molar-refractivity contribution in [3.8, 4) is 5.88 Å². The molecule has 0 aromatic carbocycles. The van der Waals surface area contributed by atoms with Crippen LogP contribution in [0, 0.1) is 6.92 Å². The molecule has 1 aliphatic heterocycles. The summed E-state index contributed by atoms with van der Waals surface area (Å²) in [5, 5.41) is 5.73. The lowest BCUT2D eigenvalue weighted by molar-refractivity contribution is 0.384. The van der Waals surface area contributed by atoms with Crippen LogP contribution in [0.3, 0.4) is 0 Å². The molecule has 3 heterocycles. The summed E-state index contributed by atoms with van der Waals surface area (Å²) in [7, 11) is -2.24. The van der Waals surface area contributed by atoms with E-state index in [-0.39, 0.29) is 16.8 Å². The van der Waals surface area contributed by atoms with E-state index in [1.54, 1.807) is 4.68 Å². The molecule has 0 aliphatic carbocycles. The number of hydrogen-bond donors (Lipinski definition) is 1. The molecule has 1 aliphatic rings. The highest BCUT2D eigenvalue weighted by Crippen LogP contribution is 2.25. The first-order valence-electron chi connectivity index (χ1n) is 6.40. The van der Waals surface area contributed by atoms with E-state index in [1.165, 1.54) is 12.5 Å². The summed E-state index contributed by atoms with van der Waals surface area (Å²) in [4.78, 5) is 4.38. The van der Waals surface area contributed by atoms with Gasteiger partial charge in [0.1, 0.15) is 11.6 Å². The highest BCUT2D eigenvalue weighted by molar-refractivity contribution is 7.89. The second-order valence-electron chi connectivity index (χ2n) is 4.80. The van der Waals surface area contributed by atoms with Gasteiger partial charge < -0.3 is 4.74 Å². The third-order valence-corrected chi connectivity index (χ3v) is 5.55. The maximum atomic E-state index is 12.4. The number of rotatable bonds is 4. The Morgan fingerprint density at radius 2 is 2.33 bits per heavy atom. The Bertz CT molecular complexity index is 752. The third kappa shape index (κ3) is 2.78. The number of fused-ring (bicyclic) bond motifs is 1. The van der Waals surface area contributed by atoms with Crippen LogP contribution in [0.4, 0.5) is 0 Å². The van der Waals surface area contributed by atoms with E-state index in [4.69, 9.17) is 4.74 Å². The van der Waals surface area contributed by atoms with E-state index < -0.39 is 10.0 Å². The van der Waals surface area contributed by atoms with Gasteiger partial charge in [-0.2, -0.15) is 9.47 Å². The van der Waals surface area contributed by atoms with Gasteiger partial charge in [-0.05, 0) is 24.9 Å². The molecule has 0 bridgehead atoms. The number of aromatic nitrogens is 4. The van der Waals surface area contributed by atoms with Crippen LogP contribution in [0.1, 0.15) is 18.1 Å². The maximum absolute atomic E-state index is 12.4. The van der Waals surface area contributed by atoms with Gasteiger partial charge in [-0.1, -0.05) is 0 Å². The fourth-order valence-corrected chi connectivity index (χ4v) is 4.68. The predicted molar refractivity (Wildman–Crippen MR) is 75.9 cm³/mol. The van der Waals surface area contributed by atoms with E-state index >= 15 is 0 Å². The van der Waals surface area contributed by atoms with Crippen LogP contribution in [-0.2, 0) is 23.0 Å². The van der Waals surface area contributed by atoms with Crippen molar-refractivity contribution in [2.75, 3.05) is 7.11 Å². The van der Waals surface area contributed by atoms with E-state index in [2.05, 4.69) is 19.2 Å². The maximum Gasteiger partial charge on any atom is 0.247 e. The minimum absolute atomic E-state index is 0.0792. The van der Waals surface area contributed by atoms with E-state index in [0.717, 1.165) is 17.4 Å². The van der Waals surface area contributed by atoms with Gasteiger partial charge in [0.2, 0.25) is 15.9 Å². The Hall–Kier alpha value is -1.52. The number of ether oxygens (including phenoxy) is 1. The Morgan fingerprint density at radius 1 is 1.52 bits per heavy atom. The van der Waals surface area contributed by atoms with Gasteiger partial charge in [-0.15, -0.1) is 0 Å². The lowest BCUT2D eigenvalue weighted by Crippen LogP contribution is -2.41. The van der Waals surface area contributed by atoms with Crippen molar-refractivity contribution < 1.29 is 13.2 Å². The molecule has 0 fully saturated rings. The van der Waals surface area contributed by atoms with Crippen molar-refractivity contribution in [1.82, 2.24) is 23.9 Å². The topological polar surface area (TPSA) is 99.0 Å². The van der Waals surface area contributed by atoms with Crippen LogP contribution in [0.5, 0.6) is 5.88 Å². The molecule has 3 rings (SSSR count). The summed E-state index contributed by atoms with van der Waals surface area (Å²) in [5.74, 6) is 1.73. The third-order valence-electron chi connectivity index (χ3n) is 3.27. The van der Waals surface area contributed by atoms with Crippen LogP contribution in [-0.4, -0.2) is 40.7 Å². The Morgan fingerprint density at radius 3 is 3.10 bits per heavy atom. The zero-order valence-electron chi connectivity index (χ0n) is 11.6. The van der Waals surface area contributed by atoms with Crippen LogP contribution < -0.4 is 9.46 Å². The van der Waals surface area contributed by atoms with Crippen molar-refractivity contribution >= 4 is 21.6 Å². The summed E-state index contributed by atoms with van der Waals surface area (Å²) >= 11 is 1.05. The first kappa shape index (κ1) is 14.4. The fourth-order valence-electron chi connectivity index (χ4n) is 2.35. The summed E-state index contributed by atoms with van der Waals surface area (Å²) in [6, 6.07) is -0.215. The Labute approximate surface area is 126 Å². The average Bonchev–Trinajstić information content (AvgIpc) is 3.02. The fraction of sp³-hybridized carbons (Fsp3) is 0.545. The summed E-state index contributed by atoms with van der Waals surface area (Å²) in [6.45, 7) is 2.31. The molecule has 10 heteroatoms. The molecular weight excluding hydrogens is 314 g/mol. The van der Waals surface area contributed by atoms with Crippen molar-refractivity contribution in [3.05, 3.63) is 17.0 Å². The van der Waals surface area contributed by atoms with Gasteiger partial charge in [-0.25, -0.2) is 22.8 Å². The average molecular weight is 329 g/mol. The first-order chi connectivity index (χ1) is 9.99. The smallest absolute Gasteiger partial charge is 0.247 e. The predicted octanol–water partition coefficient (Wildman–Crippen LogP) is 0.345. The van der Waals surface area contributed by atoms with Crippen LogP contribution in [0.25, 0.3) is 0 Å². The summed E-state index contributed by atoms with van der Waals surface area (Å²) in [5.41, 5.74) is 0. The van der Waals surface area contributed by atoms with Gasteiger partial charge in [0.15, 0.2) is 4.90 Å². The van der Waals surface area contributed by atoms with Gasteiger partial charge >= 0.3 is 0 Å². The molecule has 2 aromatic rings. The van der Waals surface area contributed by atoms with Crippen molar-refractivity contribution in [2.24, 2.45) is 0 Å². The zero-order valence-corrected chi connectivity index (χ0v) is 13.2. The largest absolute Gasteiger partial charge is 0.479 e. The normalized spacial score (nSPS) is 18.5. The first-order valence-corrected chi connectivity index (χ1v) is 8.72. The van der Waals surface area contributed by atoms with E-state index in [0.29, 0.717) is 25.2 Å². The highest BCUT2D eigenvalue weighted by atomic mass is 32.2. The van der Waals surface area contributed by atoms with Gasteiger partial charge in [0.05, 0.1) is 13.7 Å². The highest BCUT2D eigenvalue weighted by Gasteiger charge is 2.28. The molecule has 1 unspecified atom stereocenters. The molecule has 8 nitrogen and oxygen atoms in total. The lowest BCUT2D eigenvalue weighted by Gasteiger charge is -2.23. The Kier molecular flexibility index (Phi) is 3.68. The number of hydrogen-bond acceptors (Lipinski definition) is 7. The molecule has 1 N–H and O–H groups in total. The van der Waals surface area contributed by atoms with Crippen LogP contribution >= 0.6 is 11.5 Å². The van der Waals surface area contributed by atoms with Crippen LogP contribution in [0.15, 0.2) is 10.3 Å². The molecule has 2 aromatic heterocycles. The number of sulfonamides is 1. The van der Waals surface area contributed by atoms with Crippen molar-refractivity contribution in [1.29, 1.82) is 0 Å². The number of aryl methyl sites for hydroxylation is 2. The minimum Gasteiger partial charge on any atom is -0.479 e. The standard InChI is InChI=1S/C11H15N5O3S2/c1-7-12-10-4-3-8(5-16(10)13-7)15-21(17,18)9-6-20-14-11(9)19-2/h6,8,15H,3-5H2,1-2H3. The Balaban J connectivity index is 1.78. The van der Waals surface area contributed by atoms with Gasteiger partial charge in [0, 0.05) is 17.8 Å². The summed E-state index contributed by atoms with van der Waals surface area (Å²) < 4.78 is 38.1. The monoisotopic (exact) mass is 329 g/mol. The molecule has 0 radical (unpaired) electrons. The number of nitrogens with zero attached hydrogens (tertiary/aromatic N) is 4. The molecule has 21 heavy (non-hydrogen) atoms. The minimum atomic E-state index is -3.64. The molecule has 0 saturated carbocycles. The molecule has 114 valence electrons. The number of methoxy groups -OCH3 is 1. The SMILES string of the molecule is COc1nscc1S(=O)(=O)NC1CCc2nc(C)nn2C1. The van der Waals surface area contributed by atoms with Gasteiger partial charge in [-0.3, -0.25) is 0 Å². The lowest BCUT2D eigenvalue weighted by atomic mass is 10.1. The molecule has 1 atom stereocenters. The second-order valence-corrected chi connectivity index (χ2v) is 7.11.